The lowest BCUT2D eigenvalue weighted by Gasteiger charge is -2.29. The predicted molar refractivity (Wildman–Crippen MR) is 61.8 cm³/mol. The van der Waals surface area contributed by atoms with Crippen LogP contribution in [0.25, 0.3) is 0 Å². The molecular weight excluding hydrogens is 204 g/mol. The van der Waals surface area contributed by atoms with Crippen LogP contribution in [0, 0.1) is 0 Å². The molecule has 0 saturated carbocycles. The van der Waals surface area contributed by atoms with Crippen molar-refractivity contribution in [1.82, 2.24) is 14.7 Å². The number of likely N-dealkylation sites (tertiary alicyclic amines) is 1. The largest absolute Gasteiger partial charge is 0.382 e. The second kappa shape index (κ2) is 4.55. The molecule has 2 rings (SSSR count). The molecule has 1 amide bonds. The van der Waals surface area contributed by atoms with Gasteiger partial charge in [0.25, 0.3) is 0 Å². The van der Waals surface area contributed by atoms with Crippen LogP contribution in [-0.2, 0) is 4.79 Å². The molecule has 1 aromatic heterocycles. The average molecular weight is 222 g/mol. The Labute approximate surface area is 95.2 Å². The first kappa shape index (κ1) is 11.0. The Bertz CT molecular complexity index is 368. The summed E-state index contributed by atoms with van der Waals surface area (Å²) in [4.78, 5) is 14.1. The molecule has 16 heavy (non-hydrogen) atoms. The third-order valence-electron chi connectivity index (χ3n) is 3.05. The summed E-state index contributed by atoms with van der Waals surface area (Å²) < 4.78 is 1.63. The molecule has 1 aliphatic heterocycles. The summed E-state index contributed by atoms with van der Waals surface area (Å²) in [5.41, 5.74) is 5.54. The number of carbonyl (C=O) groups excluding carboxylic acids is 1. The highest BCUT2D eigenvalue weighted by atomic mass is 16.2. The number of nitrogens with zero attached hydrogens (tertiary/aromatic N) is 3. The van der Waals surface area contributed by atoms with Crippen LogP contribution in [0.4, 0.5) is 5.82 Å². The van der Waals surface area contributed by atoms with Gasteiger partial charge in [0, 0.05) is 19.3 Å². The van der Waals surface area contributed by atoms with E-state index in [0.29, 0.717) is 5.82 Å². The van der Waals surface area contributed by atoms with Crippen molar-refractivity contribution in [2.45, 2.75) is 32.2 Å². The zero-order valence-electron chi connectivity index (χ0n) is 9.59. The van der Waals surface area contributed by atoms with Crippen molar-refractivity contribution in [3.63, 3.8) is 0 Å². The van der Waals surface area contributed by atoms with Crippen molar-refractivity contribution in [2.75, 3.05) is 18.8 Å². The number of hydrogen-bond acceptors (Lipinski definition) is 3. The zero-order valence-corrected chi connectivity index (χ0v) is 9.59. The number of amides is 1. The van der Waals surface area contributed by atoms with Gasteiger partial charge in [0.15, 0.2) is 0 Å². The van der Waals surface area contributed by atoms with Crippen LogP contribution in [0.1, 0.15) is 32.2 Å². The first-order valence-electron chi connectivity index (χ1n) is 5.78. The Morgan fingerprint density at radius 1 is 1.44 bits per heavy atom. The Balaban J connectivity index is 2.03. The van der Waals surface area contributed by atoms with Crippen molar-refractivity contribution in [2.24, 2.45) is 0 Å². The number of rotatable bonds is 2. The number of aromatic nitrogens is 2. The molecule has 0 spiro atoms. The van der Waals surface area contributed by atoms with Gasteiger partial charge in [0.05, 0.1) is 0 Å². The van der Waals surface area contributed by atoms with E-state index in [4.69, 9.17) is 5.73 Å². The average Bonchev–Trinajstić information content (AvgIpc) is 2.75. The highest BCUT2D eigenvalue weighted by molar-refractivity contribution is 5.80. The highest BCUT2D eigenvalue weighted by Gasteiger charge is 2.23. The van der Waals surface area contributed by atoms with E-state index < -0.39 is 0 Å². The van der Waals surface area contributed by atoms with Crippen molar-refractivity contribution < 1.29 is 4.79 Å². The molecule has 2 N–H and O–H groups in total. The molecule has 0 radical (unpaired) electrons. The summed E-state index contributed by atoms with van der Waals surface area (Å²) in [5.74, 6) is 0.598. The third kappa shape index (κ3) is 2.18. The molecule has 0 bridgehead atoms. The van der Waals surface area contributed by atoms with Crippen LogP contribution in [0.15, 0.2) is 12.3 Å². The molecule has 1 unspecified atom stereocenters. The topological polar surface area (TPSA) is 64.2 Å². The van der Waals surface area contributed by atoms with Crippen molar-refractivity contribution in [3.05, 3.63) is 12.3 Å². The Kier molecular flexibility index (Phi) is 3.12. The molecule has 1 aliphatic rings. The fourth-order valence-corrected chi connectivity index (χ4v) is 2.06. The van der Waals surface area contributed by atoms with E-state index in [9.17, 15) is 4.79 Å². The monoisotopic (exact) mass is 222 g/mol. The summed E-state index contributed by atoms with van der Waals surface area (Å²) in [6.07, 6.45) is 5.20. The van der Waals surface area contributed by atoms with Crippen LogP contribution in [0.3, 0.4) is 0 Å². The molecule has 5 nitrogen and oxygen atoms in total. The quantitative estimate of drug-likeness (QED) is 0.813. The van der Waals surface area contributed by atoms with Crippen LogP contribution < -0.4 is 5.73 Å². The third-order valence-corrected chi connectivity index (χ3v) is 3.05. The van der Waals surface area contributed by atoms with Crippen LogP contribution in [0.5, 0.6) is 0 Å². The van der Waals surface area contributed by atoms with Gasteiger partial charge in [-0.15, -0.1) is 0 Å². The van der Waals surface area contributed by atoms with Gasteiger partial charge in [-0.05, 0) is 32.3 Å². The molecule has 1 aromatic rings. The molecule has 5 heteroatoms. The van der Waals surface area contributed by atoms with Crippen LogP contribution >= 0.6 is 0 Å². The normalized spacial score (nSPS) is 18.4. The molecule has 1 fully saturated rings. The lowest BCUT2D eigenvalue weighted by atomic mass is 10.1. The lowest BCUT2D eigenvalue weighted by molar-refractivity contribution is -0.135. The van der Waals surface area contributed by atoms with Gasteiger partial charge < -0.3 is 10.6 Å². The zero-order chi connectivity index (χ0) is 11.5. The number of piperidine rings is 1. The van der Waals surface area contributed by atoms with E-state index in [-0.39, 0.29) is 11.9 Å². The van der Waals surface area contributed by atoms with Crippen LogP contribution in [0.2, 0.25) is 0 Å². The maximum atomic E-state index is 12.1. The van der Waals surface area contributed by atoms with E-state index in [0.717, 1.165) is 25.9 Å². The fourth-order valence-electron chi connectivity index (χ4n) is 2.06. The number of carbonyl (C=O) groups is 1. The van der Waals surface area contributed by atoms with Gasteiger partial charge in [-0.1, -0.05) is 0 Å². The van der Waals surface area contributed by atoms with Gasteiger partial charge in [-0.2, -0.15) is 5.10 Å². The smallest absolute Gasteiger partial charge is 0.247 e. The van der Waals surface area contributed by atoms with Gasteiger partial charge >= 0.3 is 0 Å². The second-order valence-corrected chi connectivity index (χ2v) is 4.28. The van der Waals surface area contributed by atoms with Gasteiger partial charge in [0.1, 0.15) is 11.9 Å². The molecular formula is C11H18N4O. The summed E-state index contributed by atoms with van der Waals surface area (Å²) in [7, 11) is 0. The Hall–Kier alpha value is -1.52. The van der Waals surface area contributed by atoms with Crippen molar-refractivity contribution in [3.8, 4) is 0 Å². The van der Waals surface area contributed by atoms with E-state index >= 15 is 0 Å². The van der Waals surface area contributed by atoms with E-state index in [1.165, 1.54) is 6.42 Å². The van der Waals surface area contributed by atoms with E-state index in [2.05, 4.69) is 5.10 Å². The molecule has 1 saturated heterocycles. The van der Waals surface area contributed by atoms with Crippen molar-refractivity contribution >= 4 is 11.7 Å². The molecule has 88 valence electrons. The number of nitrogen functional groups attached to an aromatic ring is 1. The van der Waals surface area contributed by atoms with Crippen molar-refractivity contribution in [1.29, 1.82) is 0 Å². The molecule has 1 atom stereocenters. The summed E-state index contributed by atoms with van der Waals surface area (Å²) in [6.45, 7) is 3.61. The molecule has 0 aromatic carbocycles. The SMILES string of the molecule is CC(C(=O)N1CCCCC1)n1ccc(N)n1. The molecule has 0 aliphatic carbocycles. The Morgan fingerprint density at radius 3 is 2.69 bits per heavy atom. The van der Waals surface area contributed by atoms with Crippen LogP contribution in [-0.4, -0.2) is 33.7 Å². The van der Waals surface area contributed by atoms with E-state index in [1.54, 1.807) is 16.9 Å². The Morgan fingerprint density at radius 2 is 2.12 bits per heavy atom. The van der Waals surface area contributed by atoms with Gasteiger partial charge in [-0.3, -0.25) is 9.48 Å². The van der Waals surface area contributed by atoms with E-state index in [1.807, 2.05) is 11.8 Å². The number of nitrogens with two attached hydrogens (primary N) is 1. The minimum Gasteiger partial charge on any atom is -0.382 e. The number of hydrogen-bond donors (Lipinski definition) is 1. The minimum absolute atomic E-state index is 0.141. The summed E-state index contributed by atoms with van der Waals surface area (Å²) in [6, 6.07) is 1.45. The number of anilines is 1. The fraction of sp³-hybridized carbons (Fsp3) is 0.636. The van der Waals surface area contributed by atoms with Gasteiger partial charge in [0.2, 0.25) is 5.91 Å². The first-order chi connectivity index (χ1) is 7.68. The summed E-state index contributed by atoms with van der Waals surface area (Å²) >= 11 is 0. The predicted octanol–water partition coefficient (Wildman–Crippen LogP) is 1.04. The highest BCUT2D eigenvalue weighted by Crippen LogP contribution is 2.15. The minimum atomic E-state index is -0.254. The first-order valence-corrected chi connectivity index (χ1v) is 5.78. The molecule has 2 heterocycles. The maximum Gasteiger partial charge on any atom is 0.247 e. The second-order valence-electron chi connectivity index (χ2n) is 4.28. The lowest BCUT2D eigenvalue weighted by Crippen LogP contribution is -2.39. The van der Waals surface area contributed by atoms with Gasteiger partial charge in [-0.25, -0.2) is 0 Å². The summed E-state index contributed by atoms with van der Waals surface area (Å²) in [5, 5.41) is 4.07. The maximum absolute atomic E-state index is 12.1. The standard InChI is InChI=1S/C11H18N4O/c1-9(15-8-5-10(12)13-15)11(16)14-6-3-2-4-7-14/h5,8-9H,2-4,6-7H2,1H3,(H2,12,13).